The van der Waals surface area contributed by atoms with Gasteiger partial charge in [0.2, 0.25) is 0 Å². The second-order valence-corrected chi connectivity index (χ2v) is 5.46. The van der Waals surface area contributed by atoms with Crippen LogP contribution in [0.2, 0.25) is 0 Å². The summed E-state index contributed by atoms with van der Waals surface area (Å²) in [6, 6.07) is 11.6. The number of hydrogen-bond donors (Lipinski definition) is 1. The Labute approximate surface area is 118 Å². The fourth-order valence-corrected chi connectivity index (χ4v) is 3.00. The van der Waals surface area contributed by atoms with Crippen molar-refractivity contribution >= 4 is 12.4 Å². The molecule has 1 N–H and O–H groups in total. The Hall–Kier alpha value is -0.530. The lowest BCUT2D eigenvalue weighted by molar-refractivity contribution is 0.210. The lowest BCUT2D eigenvalue weighted by atomic mass is 9.76. The zero-order valence-electron chi connectivity index (χ0n) is 11.6. The average Bonchev–Trinajstić information content (AvgIpc) is 2.40. The monoisotopic (exact) mass is 267 g/mol. The van der Waals surface area contributed by atoms with Crippen LogP contribution in [0.1, 0.15) is 57.9 Å². The molecule has 0 bridgehead atoms. The third-order valence-corrected chi connectivity index (χ3v) is 4.17. The first kappa shape index (κ1) is 15.5. The van der Waals surface area contributed by atoms with Crippen LogP contribution in [0.3, 0.4) is 0 Å². The summed E-state index contributed by atoms with van der Waals surface area (Å²) < 4.78 is 0. The molecule has 1 unspecified atom stereocenters. The van der Waals surface area contributed by atoms with Crippen LogP contribution in [0.25, 0.3) is 0 Å². The number of benzene rings is 1. The molecule has 1 nitrogen and oxygen atoms in total. The topological polar surface area (TPSA) is 12.0 Å². The Bertz CT molecular complexity index is 330. The minimum Gasteiger partial charge on any atom is -0.305 e. The van der Waals surface area contributed by atoms with E-state index in [2.05, 4.69) is 49.5 Å². The van der Waals surface area contributed by atoms with Gasteiger partial charge in [0.15, 0.2) is 0 Å². The molecule has 1 aromatic carbocycles. The molecular weight excluding hydrogens is 242 g/mol. The van der Waals surface area contributed by atoms with Crippen LogP contribution in [-0.2, 0) is 5.54 Å². The highest BCUT2D eigenvalue weighted by Gasteiger charge is 2.34. The summed E-state index contributed by atoms with van der Waals surface area (Å²) >= 11 is 0. The van der Waals surface area contributed by atoms with E-state index in [4.69, 9.17) is 0 Å². The van der Waals surface area contributed by atoms with Gasteiger partial charge in [-0.25, -0.2) is 0 Å². The minimum atomic E-state index is 0. The Morgan fingerprint density at radius 1 is 1.11 bits per heavy atom. The zero-order valence-corrected chi connectivity index (χ0v) is 12.4. The highest BCUT2D eigenvalue weighted by Crippen LogP contribution is 2.37. The molecule has 1 aromatic rings. The van der Waals surface area contributed by atoms with Gasteiger partial charge in [-0.15, -0.1) is 12.4 Å². The third kappa shape index (κ3) is 3.49. The van der Waals surface area contributed by atoms with Crippen molar-refractivity contribution in [3.8, 4) is 0 Å². The van der Waals surface area contributed by atoms with Crippen molar-refractivity contribution in [1.82, 2.24) is 5.32 Å². The quantitative estimate of drug-likeness (QED) is 0.837. The van der Waals surface area contributed by atoms with Crippen molar-refractivity contribution in [2.45, 2.75) is 64.0 Å². The number of halogens is 1. The molecule has 1 fully saturated rings. The number of hydrogen-bond acceptors (Lipinski definition) is 1. The molecule has 0 aliphatic heterocycles. The molecular formula is C16H26ClN. The predicted octanol–water partition coefficient (Wildman–Crippen LogP) is 4.66. The Morgan fingerprint density at radius 2 is 1.72 bits per heavy atom. The van der Waals surface area contributed by atoms with Gasteiger partial charge in [0, 0.05) is 11.6 Å². The van der Waals surface area contributed by atoms with Crippen LogP contribution in [0.5, 0.6) is 0 Å². The summed E-state index contributed by atoms with van der Waals surface area (Å²) in [5.74, 6) is 0. The molecule has 1 saturated carbocycles. The zero-order chi connectivity index (χ0) is 12.1. The Balaban J connectivity index is 0.00000162. The Kier molecular flexibility index (Phi) is 6.17. The van der Waals surface area contributed by atoms with Crippen molar-refractivity contribution in [1.29, 1.82) is 0 Å². The van der Waals surface area contributed by atoms with Gasteiger partial charge in [-0.3, -0.25) is 0 Å². The molecule has 0 radical (unpaired) electrons. The van der Waals surface area contributed by atoms with Crippen LogP contribution >= 0.6 is 12.4 Å². The van der Waals surface area contributed by atoms with Gasteiger partial charge in [-0.2, -0.15) is 0 Å². The van der Waals surface area contributed by atoms with E-state index in [9.17, 15) is 0 Å². The van der Waals surface area contributed by atoms with Crippen LogP contribution < -0.4 is 5.32 Å². The van der Waals surface area contributed by atoms with Crippen molar-refractivity contribution in [2.75, 3.05) is 0 Å². The summed E-state index contributed by atoms with van der Waals surface area (Å²) in [4.78, 5) is 0. The van der Waals surface area contributed by atoms with E-state index in [-0.39, 0.29) is 17.9 Å². The maximum absolute atomic E-state index is 3.90. The van der Waals surface area contributed by atoms with Crippen molar-refractivity contribution < 1.29 is 0 Å². The number of rotatable bonds is 4. The lowest BCUT2D eigenvalue weighted by Crippen LogP contribution is -2.48. The smallest absolute Gasteiger partial charge is 0.0436 e. The molecule has 2 heteroatoms. The van der Waals surface area contributed by atoms with Crippen molar-refractivity contribution in [3.05, 3.63) is 35.9 Å². The summed E-state index contributed by atoms with van der Waals surface area (Å²) in [7, 11) is 0. The van der Waals surface area contributed by atoms with Crippen molar-refractivity contribution in [3.63, 3.8) is 0 Å². The molecule has 1 aliphatic rings. The maximum atomic E-state index is 3.90. The first-order valence-corrected chi connectivity index (χ1v) is 7.10. The predicted molar refractivity (Wildman–Crippen MR) is 81.3 cm³/mol. The summed E-state index contributed by atoms with van der Waals surface area (Å²) in [6.45, 7) is 4.57. The summed E-state index contributed by atoms with van der Waals surface area (Å²) in [5.41, 5.74) is 1.73. The fourth-order valence-electron chi connectivity index (χ4n) is 3.00. The van der Waals surface area contributed by atoms with Gasteiger partial charge in [0.25, 0.3) is 0 Å². The van der Waals surface area contributed by atoms with Gasteiger partial charge >= 0.3 is 0 Å². The third-order valence-electron chi connectivity index (χ3n) is 4.17. The normalized spacial score (nSPS) is 19.9. The van der Waals surface area contributed by atoms with Crippen LogP contribution in [-0.4, -0.2) is 6.04 Å². The van der Waals surface area contributed by atoms with E-state index in [1.54, 1.807) is 0 Å². The van der Waals surface area contributed by atoms with E-state index < -0.39 is 0 Å². The van der Waals surface area contributed by atoms with Gasteiger partial charge in [0.05, 0.1) is 0 Å². The first-order chi connectivity index (χ1) is 8.27. The van der Waals surface area contributed by atoms with Crippen LogP contribution in [0.4, 0.5) is 0 Å². The first-order valence-electron chi connectivity index (χ1n) is 7.10. The maximum Gasteiger partial charge on any atom is 0.0436 e. The van der Waals surface area contributed by atoms with E-state index in [1.165, 1.54) is 44.1 Å². The van der Waals surface area contributed by atoms with Crippen LogP contribution in [0.15, 0.2) is 30.3 Å². The summed E-state index contributed by atoms with van der Waals surface area (Å²) in [5, 5.41) is 3.90. The second kappa shape index (κ2) is 7.16. The number of nitrogens with one attached hydrogen (secondary N) is 1. The summed E-state index contributed by atoms with van der Waals surface area (Å²) in [6.07, 6.45) is 7.91. The molecule has 18 heavy (non-hydrogen) atoms. The fraction of sp³-hybridized carbons (Fsp3) is 0.625. The van der Waals surface area contributed by atoms with E-state index >= 15 is 0 Å². The van der Waals surface area contributed by atoms with Crippen molar-refractivity contribution in [2.24, 2.45) is 0 Å². The van der Waals surface area contributed by atoms with Gasteiger partial charge < -0.3 is 5.32 Å². The molecule has 0 heterocycles. The Morgan fingerprint density at radius 3 is 2.28 bits per heavy atom. The second-order valence-electron chi connectivity index (χ2n) is 5.46. The molecule has 2 rings (SSSR count). The molecule has 0 amide bonds. The largest absolute Gasteiger partial charge is 0.305 e. The lowest BCUT2D eigenvalue weighted by Gasteiger charge is -2.41. The van der Waals surface area contributed by atoms with E-state index in [0.717, 1.165) is 0 Å². The van der Waals surface area contributed by atoms with Gasteiger partial charge in [-0.1, -0.05) is 56.5 Å². The molecule has 0 saturated heterocycles. The van der Waals surface area contributed by atoms with Gasteiger partial charge in [-0.05, 0) is 31.7 Å². The average molecular weight is 268 g/mol. The van der Waals surface area contributed by atoms with Gasteiger partial charge in [0.1, 0.15) is 0 Å². The standard InChI is InChI=1S/C16H25N.ClH/c1-3-14(2)17-16(12-8-5-9-13-16)15-10-6-4-7-11-15;/h4,6-7,10-11,14,17H,3,5,8-9,12-13H2,1-2H3;1H. The molecule has 1 atom stereocenters. The van der Waals surface area contributed by atoms with E-state index in [1.807, 2.05) is 0 Å². The molecule has 1 aliphatic carbocycles. The highest BCUT2D eigenvalue weighted by molar-refractivity contribution is 5.85. The van der Waals surface area contributed by atoms with Crippen LogP contribution in [0, 0.1) is 0 Å². The molecule has 102 valence electrons. The SMILES string of the molecule is CCC(C)NC1(c2ccccc2)CCCCC1.Cl. The molecule has 0 aromatic heterocycles. The molecule has 0 spiro atoms. The van der Waals surface area contributed by atoms with E-state index in [0.29, 0.717) is 6.04 Å². The highest BCUT2D eigenvalue weighted by atomic mass is 35.5. The minimum absolute atomic E-state index is 0.